The first-order valence-electron chi connectivity index (χ1n) is 6.68. The van der Waals surface area contributed by atoms with E-state index in [0.29, 0.717) is 5.52 Å². The van der Waals surface area contributed by atoms with Gasteiger partial charge in [-0.25, -0.2) is 13.9 Å². The van der Waals surface area contributed by atoms with Gasteiger partial charge in [0.1, 0.15) is 12.4 Å². The van der Waals surface area contributed by atoms with E-state index >= 15 is 0 Å². The summed E-state index contributed by atoms with van der Waals surface area (Å²) in [4.78, 5) is 24.0. The third-order valence-corrected chi connectivity index (χ3v) is 3.23. The van der Waals surface area contributed by atoms with E-state index in [1.54, 1.807) is 30.5 Å². The predicted molar refractivity (Wildman–Crippen MR) is 77.7 cm³/mol. The van der Waals surface area contributed by atoms with Gasteiger partial charge in [0.25, 0.3) is 0 Å². The van der Waals surface area contributed by atoms with Crippen LogP contribution in [-0.2, 0) is 17.9 Å². The molecule has 112 valence electrons. The Balaban J connectivity index is 1.66. The van der Waals surface area contributed by atoms with Gasteiger partial charge in [-0.2, -0.15) is 5.10 Å². The highest BCUT2D eigenvalue weighted by Gasteiger charge is 2.08. The predicted octanol–water partition coefficient (Wildman–Crippen LogP) is 0.951. The summed E-state index contributed by atoms with van der Waals surface area (Å²) in [6.45, 7) is 0.0910. The number of hydrogen-bond acceptors (Lipinski definition) is 3. The summed E-state index contributed by atoms with van der Waals surface area (Å²) >= 11 is 0. The van der Waals surface area contributed by atoms with E-state index in [0.717, 1.165) is 10.2 Å². The number of nitrogens with one attached hydrogen (secondary N) is 1. The highest BCUT2D eigenvalue weighted by atomic mass is 19.1. The van der Waals surface area contributed by atoms with Crippen LogP contribution in [0.25, 0.3) is 5.52 Å². The van der Waals surface area contributed by atoms with Crippen LogP contribution in [0.5, 0.6) is 0 Å². The van der Waals surface area contributed by atoms with Crippen molar-refractivity contribution in [2.75, 3.05) is 0 Å². The maximum Gasteiger partial charge on any atom is 0.349 e. The molecule has 0 fully saturated rings. The van der Waals surface area contributed by atoms with E-state index in [1.807, 2.05) is 0 Å². The molecular weight excluding hydrogens is 287 g/mol. The molecule has 7 heteroatoms. The van der Waals surface area contributed by atoms with Gasteiger partial charge in [-0.3, -0.25) is 9.20 Å². The average molecular weight is 300 g/mol. The van der Waals surface area contributed by atoms with E-state index in [2.05, 4.69) is 10.4 Å². The Morgan fingerprint density at radius 2 is 2.00 bits per heavy atom. The van der Waals surface area contributed by atoms with Gasteiger partial charge in [0, 0.05) is 12.7 Å². The SMILES string of the molecule is O=C(Cn1ncc2cccn2c1=O)NCc1ccc(F)cc1. The molecule has 0 saturated carbocycles. The van der Waals surface area contributed by atoms with E-state index in [4.69, 9.17) is 0 Å². The minimum atomic E-state index is -0.376. The Morgan fingerprint density at radius 1 is 1.23 bits per heavy atom. The normalized spacial score (nSPS) is 10.8. The highest BCUT2D eigenvalue weighted by molar-refractivity contribution is 5.75. The molecule has 1 aromatic carbocycles. The van der Waals surface area contributed by atoms with Crippen LogP contribution in [0.1, 0.15) is 5.56 Å². The van der Waals surface area contributed by atoms with Gasteiger partial charge in [-0.1, -0.05) is 12.1 Å². The van der Waals surface area contributed by atoms with Gasteiger partial charge in [-0.15, -0.1) is 0 Å². The second kappa shape index (κ2) is 5.80. The Labute approximate surface area is 124 Å². The van der Waals surface area contributed by atoms with Gasteiger partial charge in [0.15, 0.2) is 0 Å². The molecule has 0 bridgehead atoms. The van der Waals surface area contributed by atoms with Crippen molar-refractivity contribution in [3.63, 3.8) is 0 Å². The van der Waals surface area contributed by atoms with Crippen molar-refractivity contribution >= 4 is 11.4 Å². The van der Waals surface area contributed by atoms with Crippen LogP contribution in [0.4, 0.5) is 4.39 Å². The average Bonchev–Trinajstić information content (AvgIpc) is 2.99. The van der Waals surface area contributed by atoms with Gasteiger partial charge in [0.05, 0.1) is 11.7 Å². The molecule has 0 saturated heterocycles. The number of carbonyl (C=O) groups is 1. The van der Waals surface area contributed by atoms with E-state index in [1.165, 1.54) is 22.7 Å². The molecule has 6 nitrogen and oxygen atoms in total. The maximum atomic E-state index is 12.8. The lowest BCUT2D eigenvalue weighted by Crippen LogP contribution is -2.35. The van der Waals surface area contributed by atoms with Crippen LogP contribution in [0.2, 0.25) is 0 Å². The largest absolute Gasteiger partial charge is 0.350 e. The summed E-state index contributed by atoms with van der Waals surface area (Å²) in [6.07, 6.45) is 3.14. The number of halogens is 1. The fourth-order valence-electron chi connectivity index (χ4n) is 2.08. The molecule has 2 aromatic heterocycles. The van der Waals surface area contributed by atoms with Gasteiger partial charge in [0.2, 0.25) is 5.91 Å². The van der Waals surface area contributed by atoms with E-state index < -0.39 is 0 Å². The third kappa shape index (κ3) is 2.88. The molecule has 2 heterocycles. The molecule has 0 aliphatic carbocycles. The van der Waals surface area contributed by atoms with Crippen LogP contribution in [-0.4, -0.2) is 20.1 Å². The minimum Gasteiger partial charge on any atom is -0.350 e. The number of carbonyl (C=O) groups excluding carboxylic acids is 1. The number of fused-ring (bicyclic) bond motifs is 1. The lowest BCUT2D eigenvalue weighted by molar-refractivity contribution is -0.122. The summed E-state index contributed by atoms with van der Waals surface area (Å²) in [7, 11) is 0. The Kier molecular flexibility index (Phi) is 3.69. The van der Waals surface area contributed by atoms with Crippen molar-refractivity contribution < 1.29 is 9.18 Å². The fourth-order valence-corrected chi connectivity index (χ4v) is 2.08. The summed E-state index contributed by atoms with van der Waals surface area (Å²) in [5, 5.41) is 6.62. The van der Waals surface area contributed by atoms with Crippen LogP contribution >= 0.6 is 0 Å². The smallest absolute Gasteiger partial charge is 0.349 e. The number of hydrogen-bond donors (Lipinski definition) is 1. The van der Waals surface area contributed by atoms with Crippen molar-refractivity contribution in [2.24, 2.45) is 0 Å². The molecule has 0 spiro atoms. The van der Waals surface area contributed by atoms with Crippen molar-refractivity contribution in [1.29, 1.82) is 0 Å². The number of rotatable bonds is 4. The first-order chi connectivity index (χ1) is 10.6. The number of aromatic nitrogens is 3. The van der Waals surface area contributed by atoms with Crippen molar-refractivity contribution in [2.45, 2.75) is 13.1 Å². The molecule has 1 amide bonds. The molecular formula is C15H13FN4O2. The molecule has 0 aliphatic rings. The first kappa shape index (κ1) is 14.0. The standard InChI is InChI=1S/C15H13FN4O2/c16-12-5-3-11(4-6-12)8-17-14(21)10-20-15(22)19-7-1-2-13(19)9-18-20/h1-7,9H,8,10H2,(H,17,21). The molecule has 1 N–H and O–H groups in total. The lowest BCUT2D eigenvalue weighted by atomic mass is 10.2. The maximum absolute atomic E-state index is 12.8. The topological polar surface area (TPSA) is 68.4 Å². The minimum absolute atomic E-state index is 0.172. The van der Waals surface area contributed by atoms with Gasteiger partial charge < -0.3 is 5.32 Å². The summed E-state index contributed by atoms with van der Waals surface area (Å²) < 4.78 is 15.3. The molecule has 0 atom stereocenters. The van der Waals surface area contributed by atoms with Crippen molar-refractivity contribution in [1.82, 2.24) is 19.5 Å². The summed E-state index contributed by atoms with van der Waals surface area (Å²) in [6, 6.07) is 9.32. The second-order valence-corrected chi connectivity index (χ2v) is 4.79. The first-order valence-corrected chi connectivity index (χ1v) is 6.68. The van der Waals surface area contributed by atoms with Crippen LogP contribution < -0.4 is 11.0 Å². The number of benzene rings is 1. The summed E-state index contributed by atoms with van der Waals surface area (Å²) in [5.74, 6) is -0.670. The van der Waals surface area contributed by atoms with Gasteiger partial charge in [-0.05, 0) is 29.8 Å². The van der Waals surface area contributed by atoms with Crippen molar-refractivity contribution in [3.05, 3.63) is 70.7 Å². The van der Waals surface area contributed by atoms with E-state index in [9.17, 15) is 14.0 Å². The second-order valence-electron chi connectivity index (χ2n) is 4.79. The number of amides is 1. The van der Waals surface area contributed by atoms with Crippen molar-refractivity contribution in [3.8, 4) is 0 Å². The lowest BCUT2D eigenvalue weighted by Gasteiger charge is -2.07. The Morgan fingerprint density at radius 3 is 2.77 bits per heavy atom. The molecule has 22 heavy (non-hydrogen) atoms. The molecule has 3 rings (SSSR count). The monoisotopic (exact) mass is 300 g/mol. The Hall–Kier alpha value is -2.96. The van der Waals surface area contributed by atoms with E-state index in [-0.39, 0.29) is 30.5 Å². The quantitative estimate of drug-likeness (QED) is 0.780. The number of nitrogens with zero attached hydrogens (tertiary/aromatic N) is 3. The zero-order valence-corrected chi connectivity index (χ0v) is 11.6. The van der Waals surface area contributed by atoms with Gasteiger partial charge >= 0.3 is 5.69 Å². The zero-order chi connectivity index (χ0) is 15.5. The Bertz CT molecular complexity index is 867. The van der Waals surface area contributed by atoms with Crippen LogP contribution in [0, 0.1) is 5.82 Å². The van der Waals surface area contributed by atoms with Crippen LogP contribution in [0.3, 0.4) is 0 Å². The summed E-state index contributed by atoms with van der Waals surface area (Å²) in [5.41, 5.74) is 1.07. The molecule has 0 aliphatic heterocycles. The molecule has 3 aromatic rings. The highest BCUT2D eigenvalue weighted by Crippen LogP contribution is 2.02. The fraction of sp³-hybridized carbons (Fsp3) is 0.133. The molecule has 0 unspecified atom stereocenters. The van der Waals surface area contributed by atoms with Crippen LogP contribution in [0.15, 0.2) is 53.6 Å². The third-order valence-electron chi connectivity index (χ3n) is 3.23. The zero-order valence-electron chi connectivity index (χ0n) is 11.6. The molecule has 0 radical (unpaired) electrons.